The summed E-state index contributed by atoms with van der Waals surface area (Å²) < 4.78 is 13.2. The van der Waals surface area contributed by atoms with Crippen LogP contribution in [0.15, 0.2) is 18.2 Å². The monoisotopic (exact) mass is 261 g/mol. The van der Waals surface area contributed by atoms with Gasteiger partial charge in [0.1, 0.15) is 5.82 Å². The first kappa shape index (κ1) is 12.7. The molecule has 0 atom stereocenters. The number of hydrogen-bond acceptors (Lipinski definition) is 4. The van der Waals surface area contributed by atoms with Gasteiger partial charge in [0.25, 0.3) is 0 Å². The fourth-order valence-corrected chi connectivity index (χ4v) is 1.74. The summed E-state index contributed by atoms with van der Waals surface area (Å²) >= 11 is 0. The summed E-state index contributed by atoms with van der Waals surface area (Å²) in [5.74, 6) is -2.54. The lowest BCUT2D eigenvalue weighted by atomic mass is 10.1. The van der Waals surface area contributed by atoms with E-state index in [-0.39, 0.29) is 17.7 Å². The van der Waals surface area contributed by atoms with Gasteiger partial charge in [-0.15, -0.1) is 0 Å². The van der Waals surface area contributed by atoms with Gasteiger partial charge >= 0.3 is 17.8 Å². The second-order valence-electron chi connectivity index (χ2n) is 4.00. The second kappa shape index (κ2) is 4.49. The maximum Gasteiger partial charge on any atom is 0.334 e. The van der Waals surface area contributed by atoms with E-state index in [1.165, 1.54) is 13.1 Å². The van der Waals surface area contributed by atoms with E-state index in [2.05, 4.69) is 0 Å². The van der Waals surface area contributed by atoms with Crippen LogP contribution in [0, 0.1) is 17.1 Å². The molecule has 96 valence electrons. The Morgan fingerprint density at radius 2 is 1.89 bits per heavy atom. The molecule has 1 aliphatic rings. The summed E-state index contributed by atoms with van der Waals surface area (Å²) in [6.45, 7) is -0.250. The van der Waals surface area contributed by atoms with Gasteiger partial charge in [-0.3, -0.25) is 19.4 Å². The highest BCUT2D eigenvalue weighted by atomic mass is 19.1. The Labute approximate surface area is 107 Å². The van der Waals surface area contributed by atoms with Gasteiger partial charge in [-0.25, -0.2) is 9.18 Å². The third-order valence-electron chi connectivity index (χ3n) is 2.68. The van der Waals surface area contributed by atoms with Gasteiger partial charge < -0.3 is 0 Å². The third-order valence-corrected chi connectivity index (χ3v) is 2.68. The number of carbonyl (C=O) groups is 3. The molecule has 0 saturated carbocycles. The minimum Gasteiger partial charge on any atom is -0.263 e. The summed E-state index contributed by atoms with van der Waals surface area (Å²) in [6.07, 6.45) is 0. The molecule has 4 amide bonds. The molecule has 1 aromatic rings. The number of imide groups is 2. The zero-order chi connectivity index (χ0) is 14.2. The number of nitriles is 1. The van der Waals surface area contributed by atoms with E-state index in [4.69, 9.17) is 5.26 Å². The van der Waals surface area contributed by atoms with Gasteiger partial charge in [0.2, 0.25) is 0 Å². The lowest BCUT2D eigenvalue weighted by molar-refractivity contribution is -0.143. The molecule has 1 aromatic carbocycles. The van der Waals surface area contributed by atoms with Crippen molar-refractivity contribution in [2.24, 2.45) is 0 Å². The van der Waals surface area contributed by atoms with E-state index in [1.807, 2.05) is 0 Å². The fraction of sp³-hybridized carbons (Fsp3) is 0.167. The number of rotatable bonds is 2. The first-order valence-corrected chi connectivity index (χ1v) is 5.27. The Kier molecular flexibility index (Phi) is 3.00. The van der Waals surface area contributed by atoms with E-state index in [1.54, 1.807) is 6.07 Å². The summed E-state index contributed by atoms with van der Waals surface area (Å²) in [6, 6.07) is 4.49. The van der Waals surface area contributed by atoms with Crippen molar-refractivity contribution in [1.29, 1.82) is 5.26 Å². The van der Waals surface area contributed by atoms with Crippen LogP contribution in [0.1, 0.15) is 11.1 Å². The fourth-order valence-electron chi connectivity index (χ4n) is 1.74. The van der Waals surface area contributed by atoms with Crippen LogP contribution in [-0.4, -0.2) is 34.7 Å². The number of hydrogen-bond donors (Lipinski definition) is 0. The average Bonchev–Trinajstić information content (AvgIpc) is 2.56. The molecule has 0 N–H and O–H groups in total. The molecule has 0 aliphatic carbocycles. The Hall–Kier alpha value is -2.75. The summed E-state index contributed by atoms with van der Waals surface area (Å²) in [7, 11) is 1.19. The predicted octanol–water partition coefficient (Wildman–Crippen LogP) is 0.618. The molecule has 6 nitrogen and oxygen atoms in total. The second-order valence-corrected chi connectivity index (χ2v) is 4.00. The molecule has 19 heavy (non-hydrogen) atoms. The first-order chi connectivity index (χ1) is 8.93. The molecule has 7 heteroatoms. The minimum atomic E-state index is -0.963. The molecule has 1 aliphatic heterocycles. The van der Waals surface area contributed by atoms with Crippen molar-refractivity contribution in [3.8, 4) is 6.07 Å². The Balaban J connectivity index is 2.30. The maximum atomic E-state index is 13.2. The highest BCUT2D eigenvalue weighted by Crippen LogP contribution is 2.16. The van der Waals surface area contributed by atoms with E-state index < -0.39 is 23.7 Å². The molecule has 1 saturated heterocycles. The number of nitrogens with zero attached hydrogens (tertiary/aromatic N) is 3. The van der Waals surface area contributed by atoms with Crippen LogP contribution < -0.4 is 0 Å². The van der Waals surface area contributed by atoms with Crippen molar-refractivity contribution in [2.45, 2.75) is 6.54 Å². The normalized spacial score (nSPS) is 15.1. The number of likely N-dealkylation sites (N-methyl/N-ethyl adjacent to an activating group) is 1. The van der Waals surface area contributed by atoms with Crippen molar-refractivity contribution in [3.05, 3.63) is 35.1 Å². The molecule has 0 radical (unpaired) electrons. The standard InChI is InChI=1S/C12H8FN3O3/c1-15-10(17)11(18)16(12(15)19)6-8-2-7(5-14)3-9(13)4-8/h2-4H,6H2,1H3. The summed E-state index contributed by atoms with van der Waals surface area (Å²) in [5, 5.41) is 8.71. The number of carbonyl (C=O) groups excluding carboxylic acids is 3. The van der Waals surface area contributed by atoms with Crippen LogP contribution in [0.3, 0.4) is 0 Å². The van der Waals surface area contributed by atoms with Gasteiger partial charge in [0, 0.05) is 7.05 Å². The maximum absolute atomic E-state index is 13.2. The first-order valence-electron chi connectivity index (χ1n) is 5.27. The lowest BCUT2D eigenvalue weighted by Crippen LogP contribution is -2.31. The minimum absolute atomic E-state index is 0.0776. The van der Waals surface area contributed by atoms with Crippen molar-refractivity contribution in [1.82, 2.24) is 9.80 Å². The number of urea groups is 1. The van der Waals surface area contributed by atoms with Crippen LogP contribution in [0.2, 0.25) is 0 Å². The lowest BCUT2D eigenvalue weighted by Gasteiger charge is -2.13. The molecule has 0 aromatic heterocycles. The van der Waals surface area contributed by atoms with Gasteiger partial charge in [0.05, 0.1) is 18.2 Å². The van der Waals surface area contributed by atoms with Gasteiger partial charge in [-0.2, -0.15) is 5.26 Å². The highest BCUT2D eigenvalue weighted by Gasteiger charge is 2.42. The number of halogens is 1. The van der Waals surface area contributed by atoms with Gasteiger partial charge in [0.15, 0.2) is 0 Å². The van der Waals surface area contributed by atoms with Crippen molar-refractivity contribution in [3.63, 3.8) is 0 Å². The Morgan fingerprint density at radius 3 is 2.42 bits per heavy atom. The summed E-state index contributed by atoms with van der Waals surface area (Å²) in [5.41, 5.74) is 0.343. The highest BCUT2D eigenvalue weighted by molar-refractivity contribution is 6.44. The third kappa shape index (κ3) is 2.15. The Bertz CT molecular complexity index is 636. The van der Waals surface area contributed by atoms with Crippen LogP contribution in [-0.2, 0) is 16.1 Å². The molecule has 2 rings (SSSR count). The predicted molar refractivity (Wildman–Crippen MR) is 59.8 cm³/mol. The van der Waals surface area contributed by atoms with Gasteiger partial charge in [-0.1, -0.05) is 0 Å². The largest absolute Gasteiger partial charge is 0.334 e. The molecule has 1 heterocycles. The van der Waals surface area contributed by atoms with Crippen molar-refractivity contribution >= 4 is 17.8 Å². The van der Waals surface area contributed by atoms with E-state index in [0.717, 1.165) is 12.1 Å². The zero-order valence-corrected chi connectivity index (χ0v) is 9.88. The van der Waals surface area contributed by atoms with Crippen LogP contribution in [0.5, 0.6) is 0 Å². The van der Waals surface area contributed by atoms with E-state index >= 15 is 0 Å². The van der Waals surface area contributed by atoms with Crippen LogP contribution >= 0.6 is 0 Å². The van der Waals surface area contributed by atoms with E-state index in [9.17, 15) is 18.8 Å². The molecule has 0 bridgehead atoms. The van der Waals surface area contributed by atoms with Crippen LogP contribution in [0.4, 0.5) is 9.18 Å². The smallest absolute Gasteiger partial charge is 0.263 e. The van der Waals surface area contributed by atoms with Crippen molar-refractivity contribution in [2.75, 3.05) is 7.05 Å². The topological polar surface area (TPSA) is 81.5 Å². The molecule has 0 unspecified atom stereocenters. The SMILES string of the molecule is CN1C(=O)C(=O)N(Cc2cc(F)cc(C#N)c2)C1=O. The number of amides is 4. The Morgan fingerprint density at radius 1 is 1.21 bits per heavy atom. The molecule has 0 spiro atoms. The quantitative estimate of drug-likeness (QED) is 0.577. The molecule has 1 fully saturated rings. The van der Waals surface area contributed by atoms with E-state index in [0.29, 0.717) is 9.80 Å². The van der Waals surface area contributed by atoms with Gasteiger partial charge in [-0.05, 0) is 23.8 Å². The van der Waals surface area contributed by atoms with Crippen molar-refractivity contribution < 1.29 is 18.8 Å². The summed E-state index contributed by atoms with van der Waals surface area (Å²) in [4.78, 5) is 35.8. The zero-order valence-electron chi connectivity index (χ0n) is 9.88. The molecular weight excluding hydrogens is 253 g/mol. The average molecular weight is 261 g/mol. The number of benzene rings is 1. The van der Waals surface area contributed by atoms with Crippen LogP contribution in [0.25, 0.3) is 0 Å². The molecular formula is C12H8FN3O3.